The number of hydrogen-bond acceptors (Lipinski definition) is 2. The van der Waals surface area contributed by atoms with Crippen molar-refractivity contribution in [1.82, 2.24) is 5.32 Å². The van der Waals surface area contributed by atoms with Crippen molar-refractivity contribution < 1.29 is 18.9 Å². The number of amides is 2. The quantitative estimate of drug-likeness (QED) is 0.725. The molecule has 5 nitrogen and oxygen atoms in total. The van der Waals surface area contributed by atoms with Gasteiger partial charge in [0.25, 0.3) is 11.8 Å². The lowest BCUT2D eigenvalue weighted by atomic mass is 10.2. The van der Waals surface area contributed by atoms with Gasteiger partial charge in [0.15, 0.2) is 12.6 Å². The van der Waals surface area contributed by atoms with Crippen molar-refractivity contribution in [3.05, 3.63) is 29.0 Å². The molecule has 1 aromatic carbocycles. The van der Waals surface area contributed by atoms with Gasteiger partial charge >= 0.3 is 0 Å². The molecule has 1 aliphatic rings. The summed E-state index contributed by atoms with van der Waals surface area (Å²) in [5, 5.41) is 5.53. The number of anilines is 1. The Balaban J connectivity index is 2.01. The molecule has 0 aliphatic carbocycles. The van der Waals surface area contributed by atoms with Gasteiger partial charge in [-0.2, -0.15) is 0 Å². The van der Waals surface area contributed by atoms with E-state index < -0.39 is 5.82 Å². The van der Waals surface area contributed by atoms with Gasteiger partial charge in [-0.05, 0) is 25.1 Å². The molecule has 1 aromatic rings. The SMILES string of the molecule is C[C@H](C(=O)Nc1ccc(F)cc1Cl)[NH+]1CCNC(=O)C1. The summed E-state index contributed by atoms with van der Waals surface area (Å²) in [6, 6.07) is 3.40. The van der Waals surface area contributed by atoms with Gasteiger partial charge in [-0.3, -0.25) is 9.59 Å². The molecule has 2 rings (SSSR count). The highest BCUT2D eigenvalue weighted by molar-refractivity contribution is 6.33. The third kappa shape index (κ3) is 3.46. The van der Waals surface area contributed by atoms with Crippen molar-refractivity contribution in [2.45, 2.75) is 13.0 Å². The first-order chi connectivity index (χ1) is 9.47. The monoisotopic (exact) mass is 300 g/mol. The average Bonchev–Trinajstić information content (AvgIpc) is 2.41. The molecule has 0 radical (unpaired) electrons. The largest absolute Gasteiger partial charge is 0.346 e. The number of nitrogens with one attached hydrogen (secondary N) is 3. The normalized spacial score (nSPS) is 20.1. The number of halogens is 2. The first-order valence-electron chi connectivity index (χ1n) is 6.34. The molecule has 20 heavy (non-hydrogen) atoms. The van der Waals surface area contributed by atoms with E-state index in [0.717, 1.165) is 11.0 Å². The first kappa shape index (κ1) is 14.7. The fourth-order valence-electron chi connectivity index (χ4n) is 2.11. The fraction of sp³-hybridized carbons (Fsp3) is 0.385. The molecule has 2 atom stereocenters. The minimum Gasteiger partial charge on any atom is -0.346 e. The van der Waals surface area contributed by atoms with E-state index in [4.69, 9.17) is 11.6 Å². The van der Waals surface area contributed by atoms with Crippen LogP contribution in [0.4, 0.5) is 10.1 Å². The molecule has 1 heterocycles. The third-order valence-corrected chi connectivity index (χ3v) is 3.66. The van der Waals surface area contributed by atoms with Crippen LogP contribution in [0, 0.1) is 5.82 Å². The van der Waals surface area contributed by atoms with E-state index in [1.165, 1.54) is 12.1 Å². The van der Waals surface area contributed by atoms with Crippen LogP contribution in [0.1, 0.15) is 6.92 Å². The Morgan fingerprint density at radius 1 is 1.55 bits per heavy atom. The summed E-state index contributed by atoms with van der Waals surface area (Å²) < 4.78 is 12.9. The molecule has 1 saturated heterocycles. The lowest BCUT2D eigenvalue weighted by Crippen LogP contribution is -3.19. The summed E-state index contributed by atoms with van der Waals surface area (Å²) in [6.07, 6.45) is 0. The summed E-state index contributed by atoms with van der Waals surface area (Å²) >= 11 is 5.86. The minimum absolute atomic E-state index is 0.0642. The Morgan fingerprint density at radius 2 is 2.30 bits per heavy atom. The smallest absolute Gasteiger partial charge is 0.282 e. The van der Waals surface area contributed by atoms with Gasteiger partial charge in [0.1, 0.15) is 5.82 Å². The molecule has 108 valence electrons. The topological polar surface area (TPSA) is 62.6 Å². The Labute approximate surface area is 121 Å². The second-order valence-corrected chi connectivity index (χ2v) is 5.18. The number of quaternary nitrogens is 1. The molecule has 2 amide bonds. The van der Waals surface area contributed by atoms with E-state index >= 15 is 0 Å². The Morgan fingerprint density at radius 3 is 2.95 bits per heavy atom. The van der Waals surface area contributed by atoms with Gasteiger partial charge in [-0.25, -0.2) is 4.39 Å². The van der Waals surface area contributed by atoms with Crippen molar-refractivity contribution in [3.8, 4) is 0 Å². The maximum atomic E-state index is 12.9. The molecule has 0 saturated carbocycles. The summed E-state index contributed by atoms with van der Waals surface area (Å²) in [7, 11) is 0. The van der Waals surface area contributed by atoms with Crippen molar-refractivity contribution >= 4 is 29.1 Å². The van der Waals surface area contributed by atoms with Crippen LogP contribution in [0.2, 0.25) is 5.02 Å². The summed E-state index contributed by atoms with van der Waals surface area (Å²) in [5.74, 6) is -0.770. The van der Waals surface area contributed by atoms with E-state index in [2.05, 4.69) is 10.6 Å². The molecule has 7 heteroatoms. The van der Waals surface area contributed by atoms with E-state index in [1.807, 2.05) is 0 Å². The lowest BCUT2D eigenvalue weighted by molar-refractivity contribution is -0.907. The number of carbonyl (C=O) groups excluding carboxylic acids is 2. The highest BCUT2D eigenvalue weighted by atomic mass is 35.5. The zero-order valence-corrected chi connectivity index (χ0v) is 11.8. The van der Waals surface area contributed by atoms with Crippen molar-refractivity contribution in [2.75, 3.05) is 25.0 Å². The van der Waals surface area contributed by atoms with E-state index in [-0.39, 0.29) is 29.4 Å². The Hall–Kier alpha value is -1.66. The van der Waals surface area contributed by atoms with Crippen LogP contribution in [-0.4, -0.2) is 37.5 Å². The van der Waals surface area contributed by atoms with Gasteiger partial charge in [-0.15, -0.1) is 0 Å². The van der Waals surface area contributed by atoms with Gasteiger partial charge < -0.3 is 15.5 Å². The zero-order chi connectivity index (χ0) is 14.7. The zero-order valence-electron chi connectivity index (χ0n) is 11.0. The Kier molecular flexibility index (Phi) is 4.57. The van der Waals surface area contributed by atoms with Crippen LogP contribution in [0.3, 0.4) is 0 Å². The second-order valence-electron chi connectivity index (χ2n) is 4.77. The van der Waals surface area contributed by atoms with Crippen LogP contribution in [0.25, 0.3) is 0 Å². The number of carbonyl (C=O) groups is 2. The van der Waals surface area contributed by atoms with Gasteiger partial charge in [-0.1, -0.05) is 11.6 Å². The van der Waals surface area contributed by atoms with Gasteiger partial charge in [0, 0.05) is 0 Å². The molecule has 1 fully saturated rings. The van der Waals surface area contributed by atoms with Crippen LogP contribution in [0.5, 0.6) is 0 Å². The highest BCUT2D eigenvalue weighted by Crippen LogP contribution is 2.22. The summed E-state index contributed by atoms with van der Waals surface area (Å²) in [6.45, 7) is 3.27. The number of hydrogen-bond donors (Lipinski definition) is 3. The van der Waals surface area contributed by atoms with Crippen molar-refractivity contribution in [2.24, 2.45) is 0 Å². The maximum absolute atomic E-state index is 12.9. The molecule has 0 bridgehead atoms. The maximum Gasteiger partial charge on any atom is 0.282 e. The van der Waals surface area contributed by atoms with Crippen LogP contribution >= 0.6 is 11.6 Å². The van der Waals surface area contributed by atoms with Gasteiger partial charge in [0.2, 0.25) is 0 Å². The highest BCUT2D eigenvalue weighted by Gasteiger charge is 2.29. The predicted molar refractivity (Wildman–Crippen MR) is 73.2 cm³/mol. The van der Waals surface area contributed by atoms with E-state index in [9.17, 15) is 14.0 Å². The molecule has 0 aromatic heterocycles. The van der Waals surface area contributed by atoms with Crippen molar-refractivity contribution in [3.63, 3.8) is 0 Å². The van der Waals surface area contributed by atoms with E-state index in [0.29, 0.717) is 18.8 Å². The van der Waals surface area contributed by atoms with Crippen LogP contribution in [-0.2, 0) is 9.59 Å². The minimum atomic E-state index is -0.459. The number of piperazine rings is 1. The Bertz CT molecular complexity index is 538. The summed E-state index contributed by atoms with van der Waals surface area (Å²) in [4.78, 5) is 24.4. The van der Waals surface area contributed by atoms with E-state index in [1.54, 1.807) is 6.92 Å². The van der Waals surface area contributed by atoms with Gasteiger partial charge in [0.05, 0.1) is 23.8 Å². The molecule has 1 unspecified atom stereocenters. The lowest BCUT2D eigenvalue weighted by Gasteiger charge is -2.28. The average molecular weight is 301 g/mol. The summed E-state index contributed by atoms with van der Waals surface area (Å²) in [5.41, 5.74) is 0.366. The standard InChI is InChI=1S/C13H15ClFN3O2/c1-8(18-5-4-16-12(19)7-18)13(20)17-11-3-2-9(15)6-10(11)14/h2-3,6,8H,4-5,7H2,1H3,(H,16,19)(H,17,20)/p+1/t8-/m1/s1. The van der Waals surface area contributed by atoms with Crippen molar-refractivity contribution in [1.29, 1.82) is 0 Å². The fourth-order valence-corrected chi connectivity index (χ4v) is 2.32. The molecular formula is C13H16ClFN3O2+. The molecule has 0 spiro atoms. The molecule has 1 aliphatic heterocycles. The molecule has 3 N–H and O–H groups in total. The number of benzene rings is 1. The predicted octanol–water partition coefficient (Wildman–Crippen LogP) is -0.179. The first-order valence-corrected chi connectivity index (χ1v) is 6.72. The number of rotatable bonds is 3. The third-order valence-electron chi connectivity index (χ3n) is 3.35. The van der Waals surface area contributed by atoms with Crippen LogP contribution in [0.15, 0.2) is 18.2 Å². The van der Waals surface area contributed by atoms with Crippen LogP contribution < -0.4 is 15.5 Å². The second kappa shape index (κ2) is 6.19. The molecular weight excluding hydrogens is 285 g/mol.